The molecule has 0 saturated heterocycles. The normalized spacial score (nSPS) is 11.0. The lowest BCUT2D eigenvalue weighted by atomic mass is 10.1. The largest absolute Gasteiger partial charge is 0.380 e. The molecule has 21 heavy (non-hydrogen) atoms. The molecule has 0 aliphatic heterocycles. The fraction of sp³-hybridized carbons (Fsp3) is 0.250. The second-order valence-corrected chi connectivity index (χ2v) is 5.21. The number of halogens is 1. The molecule has 2 aromatic heterocycles. The number of benzene rings is 1. The molecule has 0 bridgehead atoms. The van der Waals surface area contributed by atoms with Crippen LogP contribution in [0.2, 0.25) is 0 Å². The van der Waals surface area contributed by atoms with Gasteiger partial charge in [0.05, 0.1) is 11.7 Å². The summed E-state index contributed by atoms with van der Waals surface area (Å²) < 4.78 is 15.3. The van der Waals surface area contributed by atoms with E-state index < -0.39 is 0 Å². The molecule has 0 atom stereocenters. The van der Waals surface area contributed by atoms with Crippen molar-refractivity contribution in [1.82, 2.24) is 14.8 Å². The fourth-order valence-electron chi connectivity index (χ4n) is 2.38. The Hall–Kier alpha value is -2.43. The quantitative estimate of drug-likeness (QED) is 0.802. The molecule has 3 rings (SSSR count). The van der Waals surface area contributed by atoms with E-state index in [0.717, 1.165) is 33.5 Å². The molecule has 0 radical (unpaired) electrons. The Bertz CT molecular complexity index is 807. The maximum absolute atomic E-state index is 13.5. The Balaban J connectivity index is 1.96. The first kappa shape index (κ1) is 13.5. The summed E-state index contributed by atoms with van der Waals surface area (Å²) in [5, 5.41) is 8.39. The summed E-state index contributed by atoms with van der Waals surface area (Å²) in [7, 11) is 1.92. The molecule has 0 unspecified atom stereocenters. The van der Waals surface area contributed by atoms with Crippen LogP contribution in [0.5, 0.6) is 0 Å². The van der Waals surface area contributed by atoms with Crippen molar-refractivity contribution in [3.8, 4) is 0 Å². The van der Waals surface area contributed by atoms with Crippen molar-refractivity contribution in [3.63, 3.8) is 0 Å². The SMILES string of the molecule is Cc1cc(NCc2cnn(C)c2C)c2cc(F)ccc2n1. The van der Waals surface area contributed by atoms with Crippen LogP contribution in [0, 0.1) is 19.7 Å². The highest BCUT2D eigenvalue weighted by Crippen LogP contribution is 2.24. The van der Waals surface area contributed by atoms with Crippen molar-refractivity contribution in [3.05, 3.63) is 53.2 Å². The van der Waals surface area contributed by atoms with Crippen LogP contribution in [0.4, 0.5) is 10.1 Å². The van der Waals surface area contributed by atoms with Gasteiger partial charge in [-0.25, -0.2) is 4.39 Å². The van der Waals surface area contributed by atoms with Gasteiger partial charge in [0, 0.05) is 41.6 Å². The van der Waals surface area contributed by atoms with Gasteiger partial charge in [0.2, 0.25) is 0 Å². The summed E-state index contributed by atoms with van der Waals surface area (Å²) in [5.41, 5.74) is 4.82. The van der Waals surface area contributed by atoms with E-state index in [0.29, 0.717) is 6.54 Å². The third kappa shape index (κ3) is 2.59. The van der Waals surface area contributed by atoms with E-state index in [1.54, 1.807) is 6.07 Å². The van der Waals surface area contributed by atoms with Crippen LogP contribution in [0.25, 0.3) is 10.9 Å². The first-order valence-corrected chi connectivity index (χ1v) is 6.83. The van der Waals surface area contributed by atoms with Crippen LogP contribution >= 0.6 is 0 Å². The first-order chi connectivity index (χ1) is 10.0. The number of hydrogen-bond acceptors (Lipinski definition) is 3. The summed E-state index contributed by atoms with van der Waals surface area (Å²) in [6, 6.07) is 6.59. The smallest absolute Gasteiger partial charge is 0.124 e. The predicted molar refractivity (Wildman–Crippen MR) is 81.7 cm³/mol. The number of aryl methyl sites for hydroxylation is 2. The maximum Gasteiger partial charge on any atom is 0.124 e. The Labute approximate surface area is 122 Å². The Kier molecular flexibility index (Phi) is 3.33. The number of fused-ring (bicyclic) bond motifs is 1. The minimum Gasteiger partial charge on any atom is -0.380 e. The Morgan fingerprint density at radius 3 is 2.76 bits per heavy atom. The average Bonchev–Trinajstić information content (AvgIpc) is 2.77. The predicted octanol–water partition coefficient (Wildman–Crippen LogP) is 3.34. The lowest BCUT2D eigenvalue weighted by Crippen LogP contribution is -2.03. The Morgan fingerprint density at radius 2 is 2.05 bits per heavy atom. The van der Waals surface area contributed by atoms with E-state index in [9.17, 15) is 4.39 Å². The molecule has 0 aliphatic carbocycles. The highest BCUT2D eigenvalue weighted by atomic mass is 19.1. The van der Waals surface area contributed by atoms with Crippen LogP contribution in [-0.2, 0) is 13.6 Å². The third-order valence-corrected chi connectivity index (χ3v) is 3.70. The zero-order valence-corrected chi connectivity index (χ0v) is 12.3. The summed E-state index contributed by atoms with van der Waals surface area (Å²) in [6.45, 7) is 4.61. The lowest BCUT2D eigenvalue weighted by Gasteiger charge is -2.11. The highest BCUT2D eigenvalue weighted by Gasteiger charge is 2.07. The molecule has 0 saturated carbocycles. The molecule has 0 fully saturated rings. The van der Waals surface area contributed by atoms with Gasteiger partial charge in [-0.3, -0.25) is 9.67 Å². The summed E-state index contributed by atoms with van der Waals surface area (Å²) in [5.74, 6) is -0.256. The number of hydrogen-bond donors (Lipinski definition) is 1. The van der Waals surface area contributed by atoms with Crippen LogP contribution in [0.3, 0.4) is 0 Å². The molecular formula is C16H17FN4. The van der Waals surface area contributed by atoms with Crippen molar-refractivity contribution in [2.45, 2.75) is 20.4 Å². The number of nitrogens with zero attached hydrogens (tertiary/aromatic N) is 3. The van der Waals surface area contributed by atoms with Gasteiger partial charge in [-0.1, -0.05) is 0 Å². The van der Waals surface area contributed by atoms with Gasteiger partial charge >= 0.3 is 0 Å². The van der Waals surface area contributed by atoms with E-state index in [1.165, 1.54) is 12.1 Å². The van der Waals surface area contributed by atoms with Gasteiger partial charge in [0.25, 0.3) is 0 Å². The lowest BCUT2D eigenvalue weighted by molar-refractivity contribution is 0.629. The van der Waals surface area contributed by atoms with Crippen LogP contribution in [0.15, 0.2) is 30.5 Å². The highest BCUT2D eigenvalue weighted by molar-refractivity contribution is 5.91. The zero-order chi connectivity index (χ0) is 15.0. The van der Waals surface area contributed by atoms with Crippen molar-refractivity contribution >= 4 is 16.6 Å². The third-order valence-electron chi connectivity index (χ3n) is 3.70. The molecular weight excluding hydrogens is 267 g/mol. The number of pyridine rings is 1. The fourth-order valence-corrected chi connectivity index (χ4v) is 2.38. The van der Waals surface area contributed by atoms with Crippen LogP contribution in [-0.4, -0.2) is 14.8 Å². The number of anilines is 1. The van der Waals surface area contributed by atoms with Crippen molar-refractivity contribution < 1.29 is 4.39 Å². The van der Waals surface area contributed by atoms with Crippen molar-refractivity contribution in [2.24, 2.45) is 7.05 Å². The number of aromatic nitrogens is 3. The monoisotopic (exact) mass is 284 g/mol. The van der Waals surface area contributed by atoms with E-state index in [-0.39, 0.29) is 5.82 Å². The topological polar surface area (TPSA) is 42.7 Å². The van der Waals surface area contributed by atoms with Gasteiger partial charge in [-0.2, -0.15) is 5.10 Å². The molecule has 108 valence electrons. The minimum absolute atomic E-state index is 0.256. The minimum atomic E-state index is -0.256. The van der Waals surface area contributed by atoms with Crippen molar-refractivity contribution in [2.75, 3.05) is 5.32 Å². The molecule has 0 amide bonds. The van der Waals surface area contributed by atoms with Gasteiger partial charge in [-0.05, 0) is 38.1 Å². The molecule has 3 aromatic rings. The average molecular weight is 284 g/mol. The number of rotatable bonds is 3. The molecule has 1 aromatic carbocycles. The zero-order valence-electron chi connectivity index (χ0n) is 12.3. The first-order valence-electron chi connectivity index (χ1n) is 6.83. The molecule has 5 heteroatoms. The van der Waals surface area contributed by atoms with Gasteiger partial charge in [0.15, 0.2) is 0 Å². The van der Waals surface area contributed by atoms with E-state index in [2.05, 4.69) is 15.4 Å². The van der Waals surface area contributed by atoms with Crippen LogP contribution in [0.1, 0.15) is 17.0 Å². The maximum atomic E-state index is 13.5. The van der Waals surface area contributed by atoms with E-state index in [4.69, 9.17) is 0 Å². The summed E-state index contributed by atoms with van der Waals surface area (Å²) in [4.78, 5) is 4.43. The van der Waals surface area contributed by atoms with Crippen LogP contribution < -0.4 is 5.32 Å². The molecule has 0 spiro atoms. The van der Waals surface area contributed by atoms with Gasteiger partial charge in [-0.15, -0.1) is 0 Å². The van der Waals surface area contributed by atoms with Gasteiger partial charge in [0.1, 0.15) is 5.82 Å². The van der Waals surface area contributed by atoms with E-state index >= 15 is 0 Å². The van der Waals surface area contributed by atoms with Crippen molar-refractivity contribution in [1.29, 1.82) is 0 Å². The second kappa shape index (κ2) is 5.16. The summed E-state index contributed by atoms with van der Waals surface area (Å²) >= 11 is 0. The number of nitrogens with one attached hydrogen (secondary N) is 1. The van der Waals surface area contributed by atoms with E-state index in [1.807, 2.05) is 37.8 Å². The second-order valence-electron chi connectivity index (χ2n) is 5.21. The summed E-state index contributed by atoms with van der Waals surface area (Å²) in [6.07, 6.45) is 1.85. The molecule has 4 nitrogen and oxygen atoms in total. The Morgan fingerprint density at radius 1 is 1.24 bits per heavy atom. The standard InChI is InChI=1S/C16H17FN4/c1-10-6-16(14-7-13(17)4-5-15(14)20-10)18-8-12-9-19-21(3)11(12)2/h4-7,9H,8H2,1-3H3,(H,18,20). The molecule has 1 N–H and O–H groups in total. The molecule has 0 aliphatic rings. The molecule has 2 heterocycles. The van der Waals surface area contributed by atoms with Gasteiger partial charge < -0.3 is 5.32 Å².